The summed E-state index contributed by atoms with van der Waals surface area (Å²) in [5.41, 5.74) is 6.26. The predicted molar refractivity (Wildman–Crippen MR) is 75.4 cm³/mol. The predicted octanol–water partition coefficient (Wildman–Crippen LogP) is 1.50. The van der Waals surface area contributed by atoms with Crippen molar-refractivity contribution >= 4 is 5.91 Å². The molecule has 0 bridgehead atoms. The van der Waals surface area contributed by atoms with Gasteiger partial charge in [0.15, 0.2) is 0 Å². The Labute approximate surface area is 111 Å². The van der Waals surface area contributed by atoms with Crippen molar-refractivity contribution in [3.63, 3.8) is 0 Å². The summed E-state index contributed by atoms with van der Waals surface area (Å²) in [5, 5.41) is 2.68. The summed E-state index contributed by atoms with van der Waals surface area (Å²) in [6.07, 6.45) is 7.76. The number of nitrogens with two attached hydrogens (primary N) is 1. The van der Waals surface area contributed by atoms with E-state index in [0.717, 1.165) is 32.5 Å². The zero-order valence-corrected chi connectivity index (χ0v) is 12.0. The van der Waals surface area contributed by atoms with Crippen LogP contribution in [0.1, 0.15) is 51.9 Å². The largest absolute Gasteiger partial charge is 0.359 e. The normalized spacial score (nSPS) is 18.2. The minimum Gasteiger partial charge on any atom is -0.359 e. The molecule has 1 aliphatic carbocycles. The Morgan fingerprint density at radius 3 is 2.50 bits per heavy atom. The van der Waals surface area contributed by atoms with Crippen LogP contribution in [0.2, 0.25) is 0 Å². The summed E-state index contributed by atoms with van der Waals surface area (Å²) in [6.45, 7) is 5.07. The van der Waals surface area contributed by atoms with E-state index in [1.165, 1.54) is 25.7 Å². The van der Waals surface area contributed by atoms with Crippen LogP contribution in [-0.4, -0.2) is 43.0 Å². The lowest BCUT2D eigenvalue weighted by molar-refractivity contribution is -0.120. The average Bonchev–Trinajstić information content (AvgIpc) is 2.87. The molecule has 0 saturated heterocycles. The van der Waals surface area contributed by atoms with Gasteiger partial charge in [-0.15, -0.1) is 0 Å². The third-order valence-corrected chi connectivity index (χ3v) is 4.19. The monoisotopic (exact) mass is 255 g/mol. The highest BCUT2D eigenvalue weighted by atomic mass is 16.1. The molecule has 1 fully saturated rings. The van der Waals surface area contributed by atoms with E-state index in [9.17, 15) is 4.79 Å². The molecule has 3 N–H and O–H groups in total. The second-order valence-corrected chi connectivity index (χ2v) is 5.40. The van der Waals surface area contributed by atoms with E-state index in [1.807, 2.05) is 0 Å². The van der Waals surface area contributed by atoms with Crippen molar-refractivity contribution in [1.82, 2.24) is 10.2 Å². The van der Waals surface area contributed by atoms with Gasteiger partial charge in [-0.25, -0.2) is 0 Å². The van der Waals surface area contributed by atoms with Gasteiger partial charge in [0.1, 0.15) is 0 Å². The van der Waals surface area contributed by atoms with Crippen LogP contribution in [0.5, 0.6) is 0 Å². The molecule has 0 heterocycles. The van der Waals surface area contributed by atoms with E-state index in [0.29, 0.717) is 6.42 Å². The molecule has 0 spiro atoms. The molecule has 1 rings (SSSR count). The van der Waals surface area contributed by atoms with Crippen molar-refractivity contribution in [2.75, 3.05) is 26.7 Å². The van der Waals surface area contributed by atoms with E-state index in [-0.39, 0.29) is 11.4 Å². The highest BCUT2D eigenvalue weighted by Gasteiger charge is 2.37. The summed E-state index contributed by atoms with van der Waals surface area (Å²) in [6, 6.07) is 0. The first kappa shape index (κ1) is 15.4. The first-order valence-electron chi connectivity index (χ1n) is 7.34. The standard InChI is InChI=1S/C14H29N3O/c1-3-10-17(11-6-7-13(18)16-2)14(12-15)8-4-5-9-14/h3-12,15H2,1-2H3,(H,16,18). The van der Waals surface area contributed by atoms with Crippen molar-refractivity contribution in [3.05, 3.63) is 0 Å². The molecule has 0 aromatic carbocycles. The van der Waals surface area contributed by atoms with Gasteiger partial charge in [0.25, 0.3) is 0 Å². The van der Waals surface area contributed by atoms with Crippen molar-refractivity contribution in [3.8, 4) is 0 Å². The van der Waals surface area contributed by atoms with Gasteiger partial charge >= 0.3 is 0 Å². The quantitative estimate of drug-likeness (QED) is 0.691. The third kappa shape index (κ3) is 3.95. The SMILES string of the molecule is CCCN(CCCC(=O)NC)C1(CN)CCCC1. The summed E-state index contributed by atoms with van der Waals surface area (Å²) in [5.74, 6) is 0.139. The van der Waals surface area contributed by atoms with Crippen LogP contribution in [0.3, 0.4) is 0 Å². The number of carbonyl (C=O) groups is 1. The Balaban J connectivity index is 2.50. The first-order valence-corrected chi connectivity index (χ1v) is 7.34. The minimum absolute atomic E-state index is 0.139. The smallest absolute Gasteiger partial charge is 0.219 e. The molecule has 1 aliphatic rings. The lowest BCUT2D eigenvalue weighted by Gasteiger charge is -2.40. The maximum Gasteiger partial charge on any atom is 0.219 e. The summed E-state index contributed by atoms with van der Waals surface area (Å²) in [4.78, 5) is 13.8. The fraction of sp³-hybridized carbons (Fsp3) is 0.929. The van der Waals surface area contributed by atoms with Crippen molar-refractivity contribution in [2.45, 2.75) is 57.4 Å². The van der Waals surface area contributed by atoms with Crippen LogP contribution in [-0.2, 0) is 4.79 Å². The second-order valence-electron chi connectivity index (χ2n) is 5.40. The average molecular weight is 255 g/mol. The zero-order chi connectivity index (χ0) is 13.4. The van der Waals surface area contributed by atoms with Crippen molar-refractivity contribution in [2.24, 2.45) is 5.73 Å². The van der Waals surface area contributed by atoms with Gasteiger partial charge < -0.3 is 11.1 Å². The van der Waals surface area contributed by atoms with Gasteiger partial charge in [0.05, 0.1) is 0 Å². The maximum absolute atomic E-state index is 11.3. The molecule has 0 aromatic rings. The molecule has 4 nitrogen and oxygen atoms in total. The molecule has 18 heavy (non-hydrogen) atoms. The molecule has 0 aliphatic heterocycles. The molecule has 0 aromatic heterocycles. The van der Waals surface area contributed by atoms with E-state index < -0.39 is 0 Å². The van der Waals surface area contributed by atoms with Crippen LogP contribution >= 0.6 is 0 Å². The highest BCUT2D eigenvalue weighted by Crippen LogP contribution is 2.34. The summed E-state index contributed by atoms with van der Waals surface area (Å²) in [7, 11) is 1.70. The molecule has 0 unspecified atom stereocenters. The van der Waals surface area contributed by atoms with Crippen LogP contribution < -0.4 is 11.1 Å². The van der Waals surface area contributed by atoms with Gasteiger partial charge in [-0.1, -0.05) is 19.8 Å². The van der Waals surface area contributed by atoms with Gasteiger partial charge in [-0.2, -0.15) is 0 Å². The fourth-order valence-electron chi connectivity index (χ4n) is 3.09. The summed E-state index contributed by atoms with van der Waals surface area (Å²) >= 11 is 0. The van der Waals surface area contributed by atoms with Gasteiger partial charge in [0, 0.05) is 25.6 Å². The lowest BCUT2D eigenvalue weighted by Crippen LogP contribution is -2.52. The number of hydrogen-bond acceptors (Lipinski definition) is 3. The molecular weight excluding hydrogens is 226 g/mol. The summed E-state index contributed by atoms with van der Waals surface area (Å²) < 4.78 is 0. The molecule has 0 radical (unpaired) electrons. The number of nitrogens with one attached hydrogen (secondary N) is 1. The Morgan fingerprint density at radius 2 is 2.00 bits per heavy atom. The number of rotatable bonds is 8. The number of nitrogens with zero attached hydrogens (tertiary/aromatic N) is 1. The minimum atomic E-state index is 0.139. The fourth-order valence-corrected chi connectivity index (χ4v) is 3.09. The molecule has 106 valence electrons. The van der Waals surface area contributed by atoms with Gasteiger partial charge in [0.2, 0.25) is 5.91 Å². The van der Waals surface area contributed by atoms with Crippen LogP contribution in [0.15, 0.2) is 0 Å². The Kier molecular flexibility index (Phi) is 6.65. The Morgan fingerprint density at radius 1 is 1.33 bits per heavy atom. The topological polar surface area (TPSA) is 58.4 Å². The molecule has 4 heteroatoms. The van der Waals surface area contributed by atoms with E-state index in [4.69, 9.17) is 5.73 Å². The van der Waals surface area contributed by atoms with Crippen LogP contribution in [0.25, 0.3) is 0 Å². The Bertz CT molecular complexity index is 249. The molecule has 1 amide bonds. The lowest BCUT2D eigenvalue weighted by atomic mass is 9.94. The van der Waals surface area contributed by atoms with Crippen molar-refractivity contribution < 1.29 is 4.79 Å². The van der Waals surface area contributed by atoms with E-state index in [1.54, 1.807) is 7.05 Å². The molecular formula is C14H29N3O. The third-order valence-electron chi connectivity index (χ3n) is 4.19. The van der Waals surface area contributed by atoms with Crippen molar-refractivity contribution in [1.29, 1.82) is 0 Å². The van der Waals surface area contributed by atoms with E-state index >= 15 is 0 Å². The number of carbonyl (C=O) groups excluding carboxylic acids is 1. The van der Waals surface area contributed by atoms with E-state index in [2.05, 4.69) is 17.1 Å². The highest BCUT2D eigenvalue weighted by molar-refractivity contribution is 5.75. The molecule has 1 saturated carbocycles. The van der Waals surface area contributed by atoms with Crippen LogP contribution in [0.4, 0.5) is 0 Å². The second kappa shape index (κ2) is 7.74. The first-order chi connectivity index (χ1) is 8.68. The number of amides is 1. The van der Waals surface area contributed by atoms with Gasteiger partial charge in [-0.3, -0.25) is 9.69 Å². The Hall–Kier alpha value is -0.610. The number of hydrogen-bond donors (Lipinski definition) is 2. The van der Waals surface area contributed by atoms with Crippen LogP contribution in [0, 0.1) is 0 Å². The van der Waals surface area contributed by atoms with Gasteiger partial charge in [-0.05, 0) is 38.8 Å². The zero-order valence-electron chi connectivity index (χ0n) is 12.0. The molecule has 0 atom stereocenters. The maximum atomic E-state index is 11.3.